The standard InChI is InChI=1S/C16H18Cl2N4O9P2/c1-4-16(3)9(5-29-33(27,28)7-32(24,25)26)31-14(11(16)30-8(2)23)22-6-19-10-12(17)20-15(18)21-13(10)22/h1,6,9,11,14H,5,7H2,2-3H3,(H,27,28)(H2,24,25,26)/t9-,11+,14-,16+/m1/s1. The molecule has 13 nitrogen and oxygen atoms in total. The quantitative estimate of drug-likeness (QED) is 0.152. The highest BCUT2D eigenvalue weighted by atomic mass is 35.5. The lowest BCUT2D eigenvalue weighted by atomic mass is 9.81. The van der Waals surface area contributed by atoms with Gasteiger partial charge in [0.05, 0.1) is 18.3 Å². The van der Waals surface area contributed by atoms with Crippen molar-refractivity contribution in [3.63, 3.8) is 0 Å². The Balaban J connectivity index is 2.00. The molecule has 1 unspecified atom stereocenters. The van der Waals surface area contributed by atoms with Crippen LogP contribution < -0.4 is 0 Å². The van der Waals surface area contributed by atoms with Gasteiger partial charge in [-0.05, 0) is 18.5 Å². The van der Waals surface area contributed by atoms with Crippen molar-refractivity contribution in [3.05, 3.63) is 16.8 Å². The van der Waals surface area contributed by atoms with Gasteiger partial charge in [-0.15, -0.1) is 6.42 Å². The number of aromatic nitrogens is 4. The van der Waals surface area contributed by atoms with E-state index in [4.69, 9.17) is 53.4 Å². The van der Waals surface area contributed by atoms with Crippen molar-refractivity contribution < 1.29 is 42.6 Å². The Labute approximate surface area is 197 Å². The first-order valence-corrected chi connectivity index (χ1v) is 13.4. The second-order valence-electron chi connectivity index (χ2n) is 7.32. The average Bonchev–Trinajstić information content (AvgIpc) is 3.18. The van der Waals surface area contributed by atoms with Crippen molar-refractivity contribution in [2.45, 2.75) is 32.3 Å². The molecule has 33 heavy (non-hydrogen) atoms. The number of imidazole rings is 1. The molecule has 3 heterocycles. The van der Waals surface area contributed by atoms with Crippen LogP contribution >= 0.6 is 38.4 Å². The molecule has 0 amide bonds. The van der Waals surface area contributed by atoms with Crippen molar-refractivity contribution in [1.29, 1.82) is 0 Å². The molecule has 5 atom stereocenters. The molecule has 2 aromatic heterocycles. The van der Waals surface area contributed by atoms with Crippen molar-refractivity contribution in [3.8, 4) is 12.3 Å². The van der Waals surface area contributed by atoms with E-state index >= 15 is 0 Å². The zero-order valence-electron chi connectivity index (χ0n) is 17.0. The summed E-state index contributed by atoms with van der Waals surface area (Å²) in [6.45, 7) is 2.00. The number of hydrogen-bond donors (Lipinski definition) is 3. The van der Waals surface area contributed by atoms with Gasteiger partial charge < -0.3 is 28.7 Å². The minimum absolute atomic E-state index is 0.0379. The Hall–Kier alpha value is -1.58. The van der Waals surface area contributed by atoms with Crippen molar-refractivity contribution in [1.82, 2.24) is 19.5 Å². The van der Waals surface area contributed by atoms with Crippen LogP contribution in [0.1, 0.15) is 20.1 Å². The Morgan fingerprint density at radius 1 is 1.36 bits per heavy atom. The predicted octanol–water partition coefficient (Wildman–Crippen LogP) is 1.94. The maximum Gasteiger partial charge on any atom is 0.340 e. The fourth-order valence-corrected chi connectivity index (χ4v) is 6.30. The summed E-state index contributed by atoms with van der Waals surface area (Å²) in [7, 11) is -9.55. The van der Waals surface area contributed by atoms with Gasteiger partial charge in [0.25, 0.3) is 0 Å². The van der Waals surface area contributed by atoms with Crippen LogP contribution in [0.4, 0.5) is 0 Å². The topological polar surface area (TPSA) is 183 Å². The highest BCUT2D eigenvalue weighted by Crippen LogP contribution is 2.56. The molecule has 0 radical (unpaired) electrons. The van der Waals surface area contributed by atoms with Gasteiger partial charge in [-0.2, -0.15) is 4.98 Å². The van der Waals surface area contributed by atoms with Gasteiger partial charge >= 0.3 is 21.2 Å². The van der Waals surface area contributed by atoms with Gasteiger partial charge in [0.15, 0.2) is 29.0 Å². The highest BCUT2D eigenvalue weighted by molar-refractivity contribution is 7.70. The van der Waals surface area contributed by atoms with Crippen LogP contribution in [0.15, 0.2) is 6.33 Å². The highest BCUT2D eigenvalue weighted by Gasteiger charge is 2.56. The summed E-state index contributed by atoms with van der Waals surface area (Å²) in [5, 5.41) is -0.224. The maximum atomic E-state index is 12.1. The SMILES string of the molecule is C#C[C@@]1(C)[C@@H](COP(=O)(O)CP(=O)(O)O)O[C@@H](n2cnc3c(Cl)nc(Cl)nc32)[C@@H]1OC(C)=O. The number of ether oxygens (including phenoxy) is 2. The lowest BCUT2D eigenvalue weighted by molar-refractivity contribution is -0.154. The molecule has 0 saturated carbocycles. The fourth-order valence-electron chi connectivity index (χ4n) is 3.32. The molecule has 1 aliphatic heterocycles. The van der Waals surface area contributed by atoms with Crippen LogP contribution in [-0.2, 0) is 27.9 Å². The van der Waals surface area contributed by atoms with Gasteiger partial charge in [-0.25, -0.2) is 9.97 Å². The zero-order valence-corrected chi connectivity index (χ0v) is 20.3. The molecule has 180 valence electrons. The largest absolute Gasteiger partial charge is 0.456 e. The Kier molecular flexibility index (Phi) is 7.28. The summed E-state index contributed by atoms with van der Waals surface area (Å²) < 4.78 is 40.8. The third-order valence-electron chi connectivity index (χ3n) is 4.84. The van der Waals surface area contributed by atoms with E-state index in [1.54, 1.807) is 0 Å². The number of rotatable bonds is 7. The lowest BCUT2D eigenvalue weighted by Crippen LogP contribution is -2.41. The van der Waals surface area contributed by atoms with Gasteiger partial charge in [0, 0.05) is 6.92 Å². The fraction of sp³-hybridized carbons (Fsp3) is 0.500. The third kappa shape index (κ3) is 5.57. The van der Waals surface area contributed by atoms with E-state index in [9.17, 15) is 18.8 Å². The Morgan fingerprint density at radius 3 is 2.61 bits per heavy atom. The Bertz CT molecular complexity index is 1230. The molecular formula is C16H18Cl2N4O9P2. The molecule has 0 spiro atoms. The predicted molar refractivity (Wildman–Crippen MR) is 114 cm³/mol. The molecule has 0 aromatic carbocycles. The zero-order chi connectivity index (χ0) is 24.8. The number of fused-ring (bicyclic) bond motifs is 1. The van der Waals surface area contributed by atoms with E-state index in [0.717, 1.165) is 6.92 Å². The molecule has 3 rings (SSSR count). The third-order valence-corrected chi connectivity index (χ3v) is 8.73. The first kappa shape index (κ1) is 26.0. The molecule has 2 aromatic rings. The summed E-state index contributed by atoms with van der Waals surface area (Å²) in [5.41, 5.74) is -1.09. The number of carbonyl (C=O) groups is 1. The van der Waals surface area contributed by atoms with E-state index in [2.05, 4.69) is 20.9 Å². The summed E-state index contributed by atoms with van der Waals surface area (Å²) >= 11 is 12.0. The van der Waals surface area contributed by atoms with Crippen LogP contribution in [0.3, 0.4) is 0 Å². The first-order chi connectivity index (χ1) is 15.2. The van der Waals surface area contributed by atoms with Crippen molar-refractivity contribution in [2.24, 2.45) is 5.41 Å². The summed E-state index contributed by atoms with van der Waals surface area (Å²) in [6.07, 6.45) is 3.55. The molecule has 0 bridgehead atoms. The molecule has 1 fully saturated rings. The van der Waals surface area contributed by atoms with E-state index in [1.807, 2.05) is 0 Å². The van der Waals surface area contributed by atoms with Crippen LogP contribution in [0.5, 0.6) is 0 Å². The average molecular weight is 543 g/mol. The molecule has 3 N–H and O–H groups in total. The lowest BCUT2D eigenvalue weighted by Gasteiger charge is -2.29. The maximum absolute atomic E-state index is 12.1. The number of esters is 1. The normalized spacial score (nSPS) is 27.3. The molecule has 17 heteroatoms. The number of terminal acetylenes is 1. The number of hydrogen-bond acceptors (Lipinski definition) is 9. The number of halogens is 2. The van der Waals surface area contributed by atoms with Gasteiger partial charge in [-0.1, -0.05) is 17.5 Å². The van der Waals surface area contributed by atoms with Crippen molar-refractivity contribution in [2.75, 3.05) is 12.5 Å². The Morgan fingerprint density at radius 2 is 2.03 bits per heavy atom. The van der Waals surface area contributed by atoms with E-state index in [1.165, 1.54) is 17.8 Å². The molecule has 0 aliphatic carbocycles. The van der Waals surface area contributed by atoms with Crippen molar-refractivity contribution >= 4 is 55.5 Å². The number of carbonyl (C=O) groups excluding carboxylic acids is 1. The van der Waals surface area contributed by atoms with Gasteiger partial charge in [0.2, 0.25) is 5.28 Å². The summed E-state index contributed by atoms with van der Waals surface area (Å²) in [4.78, 5) is 51.6. The van der Waals surface area contributed by atoms with Crippen LogP contribution in [0.2, 0.25) is 10.4 Å². The molecular weight excluding hydrogens is 525 g/mol. The molecule has 1 aliphatic rings. The van der Waals surface area contributed by atoms with E-state index in [0.29, 0.717) is 0 Å². The molecule has 1 saturated heterocycles. The second kappa shape index (κ2) is 9.23. The number of nitrogens with zero attached hydrogens (tertiary/aromatic N) is 4. The second-order valence-corrected chi connectivity index (χ2v) is 12.0. The van der Waals surface area contributed by atoms with Gasteiger partial charge in [0.1, 0.15) is 11.6 Å². The van der Waals surface area contributed by atoms with Crippen LogP contribution in [-0.4, -0.2) is 64.9 Å². The summed E-state index contributed by atoms with van der Waals surface area (Å²) in [6, 6.07) is 0. The van der Waals surface area contributed by atoms with Crippen LogP contribution in [0.25, 0.3) is 11.2 Å². The minimum atomic E-state index is -4.85. The first-order valence-electron chi connectivity index (χ1n) is 9.04. The van der Waals surface area contributed by atoms with E-state index in [-0.39, 0.29) is 21.6 Å². The van der Waals surface area contributed by atoms with Crippen LogP contribution in [0, 0.1) is 17.8 Å². The minimum Gasteiger partial charge on any atom is -0.456 e. The summed E-state index contributed by atoms with van der Waals surface area (Å²) in [5.74, 6) is 0.381. The van der Waals surface area contributed by atoms with E-state index < -0.39 is 57.5 Å². The van der Waals surface area contributed by atoms with Gasteiger partial charge in [-0.3, -0.25) is 18.5 Å². The monoisotopic (exact) mass is 542 g/mol. The smallest absolute Gasteiger partial charge is 0.340 e.